The smallest absolute Gasteiger partial charge is 0.343 e. The van der Waals surface area contributed by atoms with E-state index in [1.165, 1.54) is 33.5 Å². The van der Waals surface area contributed by atoms with Crippen LogP contribution in [0.25, 0.3) is 0 Å². The van der Waals surface area contributed by atoms with Gasteiger partial charge in [0.1, 0.15) is 37.1 Å². The molecular weight excluding hydrogens is 626 g/mol. The number of hydrogen-bond acceptors (Lipinski definition) is 14. The Hall–Kier alpha value is -3.69. The van der Waals surface area contributed by atoms with Crippen LogP contribution in [0.5, 0.6) is 0 Å². The number of ether oxygens (including phenoxy) is 5. The molecule has 1 fully saturated rings. The number of carbonyl (C=O) groups is 2. The molecule has 3 aliphatic heterocycles. The highest BCUT2D eigenvalue weighted by molar-refractivity contribution is 5.94. The van der Waals surface area contributed by atoms with Crippen LogP contribution in [0.4, 0.5) is 0 Å². The van der Waals surface area contributed by atoms with E-state index in [-0.39, 0.29) is 49.2 Å². The quantitative estimate of drug-likeness (QED) is 0.0274. The maximum atomic E-state index is 12.9. The third-order valence-electron chi connectivity index (χ3n) is 7.75. The third kappa shape index (κ3) is 8.62. The van der Waals surface area contributed by atoms with Gasteiger partial charge < -0.3 is 70.3 Å². The van der Waals surface area contributed by atoms with Crippen molar-refractivity contribution in [1.29, 1.82) is 0 Å². The molecule has 0 saturated carbocycles. The first kappa shape index (κ1) is 37.8. The molecule has 0 amide bonds. The molecule has 262 valence electrons. The summed E-state index contributed by atoms with van der Waals surface area (Å²) in [4.78, 5) is 29.6. The molecule has 18 heteroatoms. The number of rotatable bonds is 14. The van der Waals surface area contributed by atoms with Gasteiger partial charge in [0, 0.05) is 18.5 Å². The summed E-state index contributed by atoms with van der Waals surface area (Å²) in [5.74, 6) is -6.75. The average molecular weight is 671 g/mol. The van der Waals surface area contributed by atoms with E-state index < -0.39 is 67.1 Å². The lowest BCUT2D eigenvalue weighted by Gasteiger charge is -2.47. The van der Waals surface area contributed by atoms with Crippen molar-refractivity contribution in [1.82, 2.24) is 10.6 Å². The topological polar surface area (TPSA) is 269 Å². The molecule has 0 aliphatic carbocycles. The summed E-state index contributed by atoms with van der Waals surface area (Å²) in [6, 6.07) is 0. The molecule has 11 N–H and O–H groups in total. The molecule has 0 aromatic rings. The highest BCUT2D eigenvalue weighted by Gasteiger charge is 2.57. The number of nitrogens with two attached hydrogens (primary N) is 1. The maximum Gasteiger partial charge on any atom is 0.343 e. The Kier molecular flexibility index (Phi) is 13.6. The van der Waals surface area contributed by atoms with Crippen LogP contribution in [-0.2, 0) is 33.3 Å². The average Bonchev–Trinajstić information content (AvgIpc) is 3.05. The largest absolute Gasteiger partial charge is 0.477 e. The summed E-state index contributed by atoms with van der Waals surface area (Å²) in [6.45, 7) is 3.06. The highest BCUT2D eigenvalue weighted by atomic mass is 16.8. The monoisotopic (exact) mass is 670 g/mol. The number of nitrogens with zero attached hydrogens (tertiary/aromatic N) is 1. The van der Waals surface area contributed by atoms with Gasteiger partial charge in [-0.1, -0.05) is 18.2 Å². The Bertz CT molecular complexity index is 1300. The number of quaternary nitrogens is 1. The van der Waals surface area contributed by atoms with Crippen molar-refractivity contribution in [2.24, 2.45) is 22.6 Å². The third-order valence-corrected chi connectivity index (χ3v) is 7.75. The van der Waals surface area contributed by atoms with E-state index in [4.69, 9.17) is 29.4 Å². The van der Waals surface area contributed by atoms with E-state index in [0.29, 0.717) is 10.5 Å². The number of carboxylic acid groups (broad SMARTS) is 1. The Morgan fingerprint density at radius 3 is 2.60 bits per heavy atom. The van der Waals surface area contributed by atoms with E-state index in [1.807, 2.05) is 0 Å². The maximum absolute atomic E-state index is 12.9. The highest BCUT2D eigenvalue weighted by Crippen LogP contribution is 2.38. The zero-order valence-electron chi connectivity index (χ0n) is 26.2. The number of esters is 1. The standard InChI is InChI=1S/C29H43N5O13/c1-5-16-17(7-6-15-10-34(8-9-35)11-18(24(38)39)21(15)33-28(30)32-3)19(25(40)43-4)13-44-26(16)47-27-23(45-14-31-2)29(41,42)22(37)20(12-36)46-27/h5-7,11,13,16-17,20,22-23,26-27,31,35-37,41-42H,1,8-10,12,14H2,2-4H3,(H,38,39)(H3,30,32,33)/p+1. The molecule has 1 saturated heterocycles. The van der Waals surface area contributed by atoms with Gasteiger partial charge >= 0.3 is 11.9 Å². The minimum absolute atomic E-state index is 0.0393. The number of guanidine groups is 1. The van der Waals surface area contributed by atoms with Crippen LogP contribution >= 0.6 is 0 Å². The van der Waals surface area contributed by atoms with E-state index in [0.717, 1.165) is 6.26 Å². The molecule has 18 nitrogen and oxygen atoms in total. The van der Waals surface area contributed by atoms with Crippen molar-refractivity contribution in [2.45, 2.75) is 36.7 Å². The normalized spacial score (nSPS) is 31.1. The van der Waals surface area contributed by atoms with Crippen LogP contribution in [0, 0.1) is 11.8 Å². The molecule has 0 bridgehead atoms. The molecule has 47 heavy (non-hydrogen) atoms. The SMILES string of the molecule is C=CC1C(OC2OC(CO)C(O)C(O)(O)C2OCNC)OC=C(C(=O)OC)C1C=CC1=C(NC(N)=NC)C(C(=O)O)=C[NH+](CCO)C1. The molecule has 0 radical (unpaired) electrons. The number of aliphatic imine (C=N–C) groups is 1. The van der Waals surface area contributed by atoms with Gasteiger partial charge in [0.15, 0.2) is 18.4 Å². The minimum atomic E-state index is -2.92. The summed E-state index contributed by atoms with van der Waals surface area (Å²) < 4.78 is 27.8. The summed E-state index contributed by atoms with van der Waals surface area (Å²) in [5, 5.41) is 66.6. The number of carboxylic acids is 1. The number of hydrogen-bond donors (Lipinski definition) is 10. The van der Waals surface area contributed by atoms with Gasteiger partial charge in [0.05, 0.1) is 50.5 Å². The zero-order chi connectivity index (χ0) is 34.9. The number of nitrogens with one attached hydrogen (secondary N) is 3. The molecule has 0 spiro atoms. The Balaban J connectivity index is 2.06. The molecule has 0 aromatic heterocycles. The fourth-order valence-electron chi connectivity index (χ4n) is 5.31. The lowest BCUT2D eigenvalue weighted by molar-refractivity contribution is -0.843. The van der Waals surface area contributed by atoms with E-state index in [9.17, 15) is 40.2 Å². The Morgan fingerprint density at radius 1 is 1.30 bits per heavy atom. The van der Waals surface area contributed by atoms with Crippen molar-refractivity contribution in [3.05, 3.63) is 59.7 Å². The van der Waals surface area contributed by atoms with Gasteiger partial charge in [-0.15, -0.1) is 6.58 Å². The van der Waals surface area contributed by atoms with Crippen LogP contribution in [0.1, 0.15) is 0 Å². The summed E-state index contributed by atoms with van der Waals surface area (Å²) in [6.07, 6.45) is -0.919. The number of carbonyl (C=O) groups excluding carboxylic acids is 1. The van der Waals surface area contributed by atoms with Crippen LogP contribution < -0.4 is 21.3 Å². The molecular formula is C29H44N5O13+. The van der Waals surface area contributed by atoms with Crippen molar-refractivity contribution in [2.75, 3.05) is 54.2 Å². The van der Waals surface area contributed by atoms with Crippen LogP contribution in [0.3, 0.4) is 0 Å². The lowest BCUT2D eigenvalue weighted by atomic mass is 9.83. The number of aliphatic hydroxyl groups is 5. The van der Waals surface area contributed by atoms with Gasteiger partial charge in [-0.2, -0.15) is 0 Å². The van der Waals surface area contributed by atoms with E-state index in [1.54, 1.807) is 12.2 Å². The molecule has 8 atom stereocenters. The van der Waals surface area contributed by atoms with Crippen molar-refractivity contribution in [3.63, 3.8) is 0 Å². The van der Waals surface area contributed by atoms with E-state index in [2.05, 4.69) is 22.2 Å². The number of methoxy groups -OCH3 is 1. The van der Waals surface area contributed by atoms with Crippen LogP contribution in [-0.4, -0.2) is 139 Å². The number of aliphatic hydroxyl groups excluding tert-OH is 3. The van der Waals surface area contributed by atoms with Gasteiger partial charge in [0.25, 0.3) is 0 Å². The predicted molar refractivity (Wildman–Crippen MR) is 161 cm³/mol. The fourth-order valence-corrected chi connectivity index (χ4v) is 5.31. The molecule has 3 rings (SSSR count). The second kappa shape index (κ2) is 16.9. The van der Waals surface area contributed by atoms with Crippen LogP contribution in [0.2, 0.25) is 0 Å². The van der Waals surface area contributed by atoms with Gasteiger partial charge in [-0.05, 0) is 7.05 Å². The first-order valence-electron chi connectivity index (χ1n) is 14.6. The first-order chi connectivity index (χ1) is 22.4. The zero-order valence-corrected chi connectivity index (χ0v) is 26.2. The molecule has 0 aromatic carbocycles. The van der Waals surface area contributed by atoms with Crippen molar-refractivity contribution < 1.29 is 68.8 Å². The minimum Gasteiger partial charge on any atom is -0.477 e. The number of aliphatic carboxylic acids is 1. The first-order valence-corrected chi connectivity index (χ1v) is 14.6. The van der Waals surface area contributed by atoms with Gasteiger partial charge in [-0.25, -0.2) is 9.59 Å². The summed E-state index contributed by atoms with van der Waals surface area (Å²) in [5.41, 5.74) is 6.39. The fraction of sp³-hybridized carbons (Fsp3) is 0.552. The summed E-state index contributed by atoms with van der Waals surface area (Å²) in [7, 11) is 4.13. The molecule has 8 unspecified atom stereocenters. The Labute approximate surface area is 270 Å². The second-order valence-corrected chi connectivity index (χ2v) is 10.7. The number of allylic oxidation sites excluding steroid dienone is 1. The summed E-state index contributed by atoms with van der Waals surface area (Å²) >= 11 is 0. The van der Waals surface area contributed by atoms with Crippen LogP contribution in [0.15, 0.2) is 64.7 Å². The predicted octanol–water partition coefficient (Wildman–Crippen LogP) is -4.64. The van der Waals surface area contributed by atoms with Gasteiger partial charge in [0.2, 0.25) is 12.1 Å². The van der Waals surface area contributed by atoms with Gasteiger partial charge in [-0.3, -0.25) is 10.3 Å². The molecule has 3 aliphatic rings. The second-order valence-electron chi connectivity index (χ2n) is 10.7. The lowest BCUT2D eigenvalue weighted by Crippen LogP contribution is -3.09. The Morgan fingerprint density at radius 2 is 2.02 bits per heavy atom. The van der Waals surface area contributed by atoms with E-state index >= 15 is 0 Å². The molecule has 3 heterocycles. The van der Waals surface area contributed by atoms with Crippen molar-refractivity contribution in [3.8, 4) is 0 Å². The van der Waals surface area contributed by atoms with Crippen molar-refractivity contribution >= 4 is 17.9 Å².